The minimum absolute atomic E-state index is 0.00710. The number of fused-ring (bicyclic) bond motifs is 8. The molecule has 230 valence electrons. The minimum Gasteiger partial charge on any atom is -0.481 e. The number of carboxylic acid groups (broad SMARTS) is 1. The lowest BCUT2D eigenvalue weighted by Crippen LogP contribution is -2.65. The van der Waals surface area contributed by atoms with E-state index >= 15 is 0 Å². The molecule has 2 aromatic heterocycles. The maximum Gasteiger partial charge on any atom is 0.310 e. The highest BCUT2D eigenvalue weighted by atomic mass is 16.4. The molecule has 1 unspecified atom stereocenters. The number of carbonyl (C=O) groups excluding carboxylic acids is 1. The number of pyridine rings is 1. The van der Waals surface area contributed by atoms with E-state index in [1.165, 1.54) is 11.1 Å². The normalized spacial score (nSPS) is 40.5. The third-order valence-electron chi connectivity index (χ3n) is 14.3. The summed E-state index contributed by atoms with van der Waals surface area (Å²) in [6, 6.07) is 3.54. The molecule has 7 atom stereocenters. The van der Waals surface area contributed by atoms with Gasteiger partial charge in [-0.2, -0.15) is 9.78 Å². The van der Waals surface area contributed by atoms with Gasteiger partial charge in [-0.05, 0) is 115 Å². The molecule has 0 aromatic carbocycles. The summed E-state index contributed by atoms with van der Waals surface area (Å²) in [5.41, 5.74) is 3.84. The van der Waals surface area contributed by atoms with Gasteiger partial charge in [0.25, 0.3) is 5.91 Å². The third-order valence-corrected chi connectivity index (χ3v) is 14.3. The molecule has 5 aliphatic carbocycles. The molecule has 5 aliphatic rings. The Labute approximate surface area is 256 Å². The first-order valence-electron chi connectivity index (χ1n) is 16.6. The minimum atomic E-state index is -0.608. The molecule has 43 heavy (non-hydrogen) atoms. The number of carboxylic acids is 1. The molecule has 6 nitrogen and oxygen atoms in total. The maximum absolute atomic E-state index is 13.6. The highest BCUT2D eigenvalue weighted by Crippen LogP contribution is 2.75. The van der Waals surface area contributed by atoms with Crippen molar-refractivity contribution in [1.29, 1.82) is 0 Å². The molecule has 2 aromatic rings. The Kier molecular flexibility index (Phi) is 6.01. The van der Waals surface area contributed by atoms with Gasteiger partial charge in [-0.15, -0.1) is 0 Å². The van der Waals surface area contributed by atoms with Crippen LogP contribution >= 0.6 is 0 Å². The molecule has 1 N–H and O–H groups in total. The van der Waals surface area contributed by atoms with Gasteiger partial charge in [0.05, 0.1) is 17.3 Å². The smallest absolute Gasteiger partial charge is 0.310 e. The first-order valence-corrected chi connectivity index (χ1v) is 16.6. The van der Waals surface area contributed by atoms with Gasteiger partial charge in [-0.3, -0.25) is 14.6 Å². The van der Waals surface area contributed by atoms with Crippen LogP contribution in [-0.4, -0.2) is 31.7 Å². The van der Waals surface area contributed by atoms with Crippen molar-refractivity contribution in [2.75, 3.05) is 0 Å². The molecule has 7 rings (SSSR count). The Hall–Kier alpha value is -2.76. The Bertz CT molecular complexity index is 1540. The number of hydrogen-bond acceptors (Lipinski definition) is 4. The molecule has 0 radical (unpaired) electrons. The highest BCUT2D eigenvalue weighted by molar-refractivity contribution is 5.96. The van der Waals surface area contributed by atoms with Gasteiger partial charge in [0, 0.05) is 23.4 Å². The third kappa shape index (κ3) is 3.64. The molecule has 0 bridgehead atoms. The van der Waals surface area contributed by atoms with Crippen molar-refractivity contribution in [3.8, 4) is 0 Å². The fraction of sp³-hybridized carbons (Fsp3) is 0.676. The summed E-state index contributed by atoms with van der Waals surface area (Å²) < 4.78 is 1.68. The summed E-state index contributed by atoms with van der Waals surface area (Å²) >= 11 is 0. The molecule has 0 saturated heterocycles. The van der Waals surface area contributed by atoms with Crippen molar-refractivity contribution in [1.82, 2.24) is 14.8 Å². The van der Waals surface area contributed by atoms with Crippen LogP contribution in [0.5, 0.6) is 0 Å². The Morgan fingerprint density at radius 2 is 1.63 bits per heavy atom. The van der Waals surface area contributed by atoms with Crippen molar-refractivity contribution < 1.29 is 14.7 Å². The lowest BCUT2D eigenvalue weighted by molar-refractivity contribution is -0.177. The van der Waals surface area contributed by atoms with Crippen LogP contribution in [0.2, 0.25) is 0 Å². The summed E-state index contributed by atoms with van der Waals surface area (Å²) in [5.74, 6) is 0.368. The standard InChI is InChI=1S/C37H49N3O3/c1-32(2)14-16-37(31(42)43)17-15-35(6)25(26(37)21-32)8-9-28-34(5)20-24-22-39-40(30(41)23-11-18-38-19-12-23)29(24)33(3,4)27(34)10-13-36(28,35)7/h8,11-12,18-19,22,26-28H,9-10,13-17,20-21H2,1-7H3,(H,42,43)/t26?,27-,28+,34-,35+,36+,37-/m0/s1. The Morgan fingerprint density at radius 3 is 2.33 bits per heavy atom. The van der Waals surface area contributed by atoms with Gasteiger partial charge in [0.15, 0.2) is 0 Å². The number of aliphatic carboxylic acids is 1. The zero-order valence-electron chi connectivity index (χ0n) is 27.2. The Morgan fingerprint density at radius 1 is 0.930 bits per heavy atom. The molecule has 0 amide bonds. The summed E-state index contributed by atoms with van der Waals surface area (Å²) in [6.45, 7) is 17.0. The fourth-order valence-electron chi connectivity index (χ4n) is 12.0. The van der Waals surface area contributed by atoms with Gasteiger partial charge in [-0.25, -0.2) is 0 Å². The van der Waals surface area contributed by atoms with Crippen LogP contribution in [0, 0.1) is 44.8 Å². The molecule has 0 aliphatic heterocycles. The number of aromatic nitrogens is 3. The van der Waals surface area contributed by atoms with Gasteiger partial charge >= 0.3 is 5.97 Å². The molecular weight excluding hydrogens is 534 g/mol. The predicted octanol–water partition coefficient (Wildman–Crippen LogP) is 7.87. The van der Waals surface area contributed by atoms with Gasteiger partial charge < -0.3 is 5.11 Å². The Balaban J connectivity index is 1.30. The van der Waals surface area contributed by atoms with E-state index in [1.807, 2.05) is 6.20 Å². The van der Waals surface area contributed by atoms with E-state index in [-0.39, 0.29) is 38.9 Å². The summed E-state index contributed by atoms with van der Waals surface area (Å²) in [4.78, 5) is 30.7. The monoisotopic (exact) mass is 583 g/mol. The zero-order valence-corrected chi connectivity index (χ0v) is 27.2. The van der Waals surface area contributed by atoms with Gasteiger partial charge in [0.2, 0.25) is 0 Å². The van der Waals surface area contributed by atoms with E-state index in [4.69, 9.17) is 5.10 Å². The zero-order chi connectivity index (χ0) is 30.8. The fourth-order valence-corrected chi connectivity index (χ4v) is 12.0. The van der Waals surface area contributed by atoms with E-state index in [9.17, 15) is 14.7 Å². The van der Waals surface area contributed by atoms with Crippen LogP contribution in [0.25, 0.3) is 0 Å². The van der Waals surface area contributed by atoms with Crippen molar-refractivity contribution in [2.45, 2.75) is 112 Å². The van der Waals surface area contributed by atoms with E-state index in [2.05, 4.69) is 59.5 Å². The second-order valence-corrected chi connectivity index (χ2v) is 17.0. The van der Waals surface area contributed by atoms with Gasteiger partial charge in [0.1, 0.15) is 0 Å². The second-order valence-electron chi connectivity index (χ2n) is 17.0. The van der Waals surface area contributed by atoms with E-state index < -0.39 is 11.4 Å². The summed E-state index contributed by atoms with van der Waals surface area (Å²) in [6.07, 6.45) is 16.5. The van der Waals surface area contributed by atoms with E-state index in [1.54, 1.807) is 29.2 Å². The summed E-state index contributed by atoms with van der Waals surface area (Å²) in [7, 11) is 0. The van der Waals surface area contributed by atoms with Crippen LogP contribution in [0.15, 0.2) is 42.4 Å². The SMILES string of the molecule is CC1(C)CC[C@]2(C(=O)O)CC[C@]3(C)C(=CC[C@@H]4[C@@]5(C)Cc6cnn(C(=O)c7ccncc7)c6C(C)(C)[C@@H]5CC[C@]43C)C2C1. The van der Waals surface area contributed by atoms with Crippen molar-refractivity contribution in [2.24, 2.45) is 44.8 Å². The average Bonchev–Trinajstić information content (AvgIpc) is 3.37. The lowest BCUT2D eigenvalue weighted by Gasteiger charge is -2.70. The number of hydrogen-bond donors (Lipinski definition) is 1. The first-order chi connectivity index (χ1) is 20.1. The largest absolute Gasteiger partial charge is 0.481 e. The maximum atomic E-state index is 13.6. The van der Waals surface area contributed by atoms with E-state index in [0.717, 1.165) is 63.5 Å². The quantitative estimate of drug-likeness (QED) is 0.364. The molecule has 0 spiro atoms. The molecular formula is C37H49N3O3. The van der Waals surface area contributed by atoms with Crippen LogP contribution < -0.4 is 0 Å². The van der Waals surface area contributed by atoms with Crippen molar-refractivity contribution in [3.05, 3.63) is 59.2 Å². The number of rotatable bonds is 2. The number of nitrogens with zero attached hydrogens (tertiary/aromatic N) is 3. The van der Waals surface area contributed by atoms with Crippen LogP contribution in [0.1, 0.15) is 121 Å². The number of carbonyl (C=O) groups is 2. The van der Waals surface area contributed by atoms with Crippen LogP contribution in [0.3, 0.4) is 0 Å². The topological polar surface area (TPSA) is 85.1 Å². The molecule has 3 fully saturated rings. The van der Waals surface area contributed by atoms with E-state index in [0.29, 0.717) is 17.4 Å². The summed E-state index contributed by atoms with van der Waals surface area (Å²) in [5, 5.41) is 15.4. The molecule has 6 heteroatoms. The predicted molar refractivity (Wildman–Crippen MR) is 167 cm³/mol. The second kappa shape index (κ2) is 8.91. The van der Waals surface area contributed by atoms with Crippen molar-refractivity contribution in [3.63, 3.8) is 0 Å². The first kappa shape index (κ1) is 29.0. The average molecular weight is 584 g/mol. The highest BCUT2D eigenvalue weighted by Gasteiger charge is 2.69. The lowest BCUT2D eigenvalue weighted by atomic mass is 9.33. The van der Waals surface area contributed by atoms with Crippen molar-refractivity contribution >= 4 is 11.9 Å². The van der Waals surface area contributed by atoms with Crippen LogP contribution in [-0.2, 0) is 16.6 Å². The molecule has 2 heterocycles. The number of allylic oxidation sites excluding steroid dienone is 2. The van der Waals surface area contributed by atoms with Crippen LogP contribution in [0.4, 0.5) is 0 Å². The van der Waals surface area contributed by atoms with Gasteiger partial charge in [-0.1, -0.05) is 60.1 Å². The molecule has 3 saturated carbocycles.